The summed E-state index contributed by atoms with van der Waals surface area (Å²) in [6.45, 7) is 0.706. The van der Waals surface area contributed by atoms with E-state index in [4.69, 9.17) is 37.9 Å². The third-order valence-electron chi connectivity index (χ3n) is 15.6. The molecular formula is C68H54O8. The Hall–Kier alpha value is -8.50. The number of rotatable bonds is 16. The van der Waals surface area contributed by atoms with Gasteiger partial charge in [-0.15, -0.1) is 0 Å². The highest BCUT2D eigenvalue weighted by atomic mass is 16.7. The van der Waals surface area contributed by atoms with Gasteiger partial charge in [0.2, 0.25) is 0 Å². The van der Waals surface area contributed by atoms with Gasteiger partial charge in [0.15, 0.2) is 27.2 Å². The Morgan fingerprint density at radius 3 is 0.803 bits per heavy atom. The molecule has 0 saturated heterocycles. The van der Waals surface area contributed by atoms with E-state index in [-0.39, 0.29) is 27.2 Å². The zero-order chi connectivity index (χ0) is 51.4. The molecule has 11 aromatic carbocycles. The summed E-state index contributed by atoms with van der Waals surface area (Å²) in [6, 6.07) is 75.9. The minimum atomic E-state index is -0.739. The topological polar surface area (TPSA) is 73.8 Å². The summed E-state index contributed by atoms with van der Waals surface area (Å²) in [5, 5.41) is 8.77. The molecule has 0 atom stereocenters. The van der Waals surface area contributed by atoms with Crippen molar-refractivity contribution in [2.45, 2.75) is 10.8 Å². The molecule has 0 fully saturated rings. The minimum absolute atomic E-state index is 0.176. The lowest BCUT2D eigenvalue weighted by Gasteiger charge is -2.36. The quantitative estimate of drug-likeness (QED) is 0.0887. The van der Waals surface area contributed by atoms with Crippen LogP contribution in [0.3, 0.4) is 0 Å². The number of fused-ring (bicyclic) bond motifs is 10. The van der Waals surface area contributed by atoms with Gasteiger partial charge in [-0.25, -0.2) is 0 Å². The second-order valence-corrected chi connectivity index (χ2v) is 19.6. The molecule has 0 saturated carbocycles. The molecule has 0 bridgehead atoms. The van der Waals surface area contributed by atoms with Crippen molar-refractivity contribution in [2.75, 3.05) is 55.6 Å². The van der Waals surface area contributed by atoms with Gasteiger partial charge in [-0.3, -0.25) is 0 Å². The highest BCUT2D eigenvalue weighted by Gasteiger charge is 2.51. The standard InChI is InChI=1S/C68H54O8/c1-69-39-73-55-25-17-43-29-51(21-13-47(43)33-55)67(52-22-14-48-34-56(74-40-70-2)26-18-44(48)30-52)63-11-7-5-9-59(63)61-38-66-62(37-65(61)67)60-10-6-8-12-64(60)68(66,53-23-15-49-35-57(75-41-71-3)27-19-45(49)31-53)54-24-16-50-36-58(76-42-72-4)28-20-46(50)32-54/h5-38H,39-42H2,1-4H3. The summed E-state index contributed by atoms with van der Waals surface area (Å²) in [6.07, 6.45) is 0. The van der Waals surface area contributed by atoms with Crippen LogP contribution in [0.2, 0.25) is 0 Å². The Kier molecular flexibility index (Phi) is 12.0. The molecule has 13 rings (SSSR count). The Bertz CT molecular complexity index is 3600. The van der Waals surface area contributed by atoms with Gasteiger partial charge < -0.3 is 37.9 Å². The third-order valence-corrected chi connectivity index (χ3v) is 15.6. The second kappa shape index (κ2) is 19.3. The average molecular weight is 999 g/mol. The molecule has 374 valence electrons. The van der Waals surface area contributed by atoms with Crippen LogP contribution in [-0.2, 0) is 29.8 Å². The molecule has 0 aromatic heterocycles. The van der Waals surface area contributed by atoms with Gasteiger partial charge in [-0.2, -0.15) is 0 Å². The van der Waals surface area contributed by atoms with Crippen LogP contribution in [0.1, 0.15) is 44.5 Å². The van der Waals surface area contributed by atoms with Gasteiger partial charge in [0.05, 0.1) is 10.8 Å². The maximum atomic E-state index is 5.92. The lowest BCUT2D eigenvalue weighted by molar-refractivity contribution is 0.0510. The smallest absolute Gasteiger partial charge is 0.188 e. The van der Waals surface area contributed by atoms with Crippen molar-refractivity contribution in [3.05, 3.63) is 251 Å². The number of hydrogen-bond donors (Lipinski definition) is 0. The Morgan fingerprint density at radius 1 is 0.250 bits per heavy atom. The van der Waals surface area contributed by atoms with Crippen molar-refractivity contribution in [2.24, 2.45) is 0 Å². The molecule has 0 unspecified atom stereocenters. The normalized spacial score (nSPS) is 13.6. The van der Waals surface area contributed by atoms with Gasteiger partial charge in [0, 0.05) is 28.4 Å². The molecular weight excluding hydrogens is 945 g/mol. The second-order valence-electron chi connectivity index (χ2n) is 19.6. The monoisotopic (exact) mass is 998 g/mol. The fraction of sp³-hybridized carbons (Fsp3) is 0.147. The van der Waals surface area contributed by atoms with E-state index in [2.05, 4.69) is 182 Å². The van der Waals surface area contributed by atoms with Crippen LogP contribution >= 0.6 is 0 Å². The average Bonchev–Trinajstić information content (AvgIpc) is 4.16. The molecule has 8 heteroatoms. The van der Waals surface area contributed by atoms with Crippen molar-refractivity contribution in [1.29, 1.82) is 0 Å². The largest absolute Gasteiger partial charge is 0.468 e. The summed E-state index contributed by atoms with van der Waals surface area (Å²) in [4.78, 5) is 0. The maximum absolute atomic E-state index is 5.92. The van der Waals surface area contributed by atoms with Crippen molar-refractivity contribution in [1.82, 2.24) is 0 Å². The number of ether oxygens (including phenoxy) is 8. The first-order chi connectivity index (χ1) is 37.4. The SMILES string of the molecule is COCOc1ccc2cc(C3(c4ccc5cc(OCOC)ccc5c4)c4ccccc4-c4cc5c(cc43)-c3ccccc3C5(c3ccc4cc(OCOC)ccc4c3)c3ccc4cc(OCOC)ccc4c3)ccc2c1. The summed E-state index contributed by atoms with van der Waals surface area (Å²) in [5.41, 5.74) is 12.9. The zero-order valence-corrected chi connectivity index (χ0v) is 42.7. The van der Waals surface area contributed by atoms with E-state index in [9.17, 15) is 0 Å². The Morgan fingerprint density at radius 2 is 0.513 bits per heavy atom. The number of hydrogen-bond acceptors (Lipinski definition) is 8. The maximum Gasteiger partial charge on any atom is 0.188 e. The van der Waals surface area contributed by atoms with Gasteiger partial charge in [-0.1, -0.05) is 121 Å². The van der Waals surface area contributed by atoms with Gasteiger partial charge in [0.25, 0.3) is 0 Å². The number of benzene rings is 11. The molecule has 0 heterocycles. The van der Waals surface area contributed by atoms with Crippen LogP contribution in [0.25, 0.3) is 65.3 Å². The zero-order valence-electron chi connectivity index (χ0n) is 42.7. The summed E-state index contributed by atoms with van der Waals surface area (Å²) in [5.74, 6) is 3.03. The van der Waals surface area contributed by atoms with E-state index in [1.54, 1.807) is 28.4 Å². The van der Waals surface area contributed by atoms with Crippen LogP contribution in [0, 0.1) is 0 Å². The van der Waals surface area contributed by atoms with Crippen molar-refractivity contribution >= 4 is 43.1 Å². The van der Waals surface area contributed by atoms with Gasteiger partial charge >= 0.3 is 0 Å². The van der Waals surface area contributed by atoms with E-state index in [0.717, 1.165) is 66.1 Å². The van der Waals surface area contributed by atoms with E-state index < -0.39 is 10.8 Å². The Labute approximate surface area is 441 Å². The van der Waals surface area contributed by atoms with E-state index in [1.807, 2.05) is 24.3 Å². The molecule has 2 aliphatic rings. The highest BCUT2D eigenvalue weighted by molar-refractivity contribution is 5.98. The molecule has 0 spiro atoms. The van der Waals surface area contributed by atoms with Crippen molar-refractivity contribution in [3.8, 4) is 45.3 Å². The van der Waals surface area contributed by atoms with E-state index in [0.29, 0.717) is 0 Å². The van der Waals surface area contributed by atoms with Gasteiger partial charge in [0.1, 0.15) is 23.0 Å². The Balaban J connectivity index is 1.09. The van der Waals surface area contributed by atoms with Crippen LogP contribution in [-0.4, -0.2) is 55.6 Å². The predicted octanol–water partition coefficient (Wildman–Crippen LogP) is 15.0. The molecule has 0 radical (unpaired) electrons. The molecule has 11 aromatic rings. The summed E-state index contributed by atoms with van der Waals surface area (Å²) < 4.78 is 44.7. The van der Waals surface area contributed by atoms with Crippen LogP contribution in [0.4, 0.5) is 0 Å². The minimum Gasteiger partial charge on any atom is -0.468 e. The molecule has 2 aliphatic carbocycles. The van der Waals surface area contributed by atoms with Crippen LogP contribution in [0.5, 0.6) is 23.0 Å². The molecule has 8 nitrogen and oxygen atoms in total. The molecule has 76 heavy (non-hydrogen) atoms. The van der Waals surface area contributed by atoms with Crippen LogP contribution < -0.4 is 18.9 Å². The first-order valence-corrected chi connectivity index (χ1v) is 25.5. The highest BCUT2D eigenvalue weighted by Crippen LogP contribution is 2.63. The first-order valence-electron chi connectivity index (χ1n) is 25.5. The molecule has 0 amide bonds. The van der Waals surface area contributed by atoms with Crippen molar-refractivity contribution < 1.29 is 37.9 Å². The summed E-state index contributed by atoms with van der Waals surface area (Å²) >= 11 is 0. The lowest BCUT2D eigenvalue weighted by Crippen LogP contribution is -2.30. The van der Waals surface area contributed by atoms with Gasteiger partial charge in [-0.05, 0) is 195 Å². The predicted molar refractivity (Wildman–Crippen MR) is 301 cm³/mol. The van der Waals surface area contributed by atoms with Crippen molar-refractivity contribution in [3.63, 3.8) is 0 Å². The molecule has 0 aliphatic heterocycles. The van der Waals surface area contributed by atoms with Crippen LogP contribution in [0.15, 0.2) is 206 Å². The van der Waals surface area contributed by atoms with E-state index >= 15 is 0 Å². The fourth-order valence-corrected chi connectivity index (χ4v) is 12.3. The molecule has 0 N–H and O–H groups in total. The fourth-order valence-electron chi connectivity index (χ4n) is 12.3. The lowest BCUT2D eigenvalue weighted by atomic mass is 9.65. The summed E-state index contributed by atoms with van der Waals surface area (Å²) in [7, 11) is 6.55. The third kappa shape index (κ3) is 7.59. The first kappa shape index (κ1) is 47.2. The number of methoxy groups -OCH3 is 4. The van der Waals surface area contributed by atoms with E-state index in [1.165, 1.54) is 66.8 Å².